The molecule has 2 amide bonds. The van der Waals surface area contributed by atoms with Gasteiger partial charge in [0.25, 0.3) is 5.91 Å². The number of anilines is 2. The Morgan fingerprint density at radius 3 is 2.86 bits per heavy atom. The number of nitrogens with zero attached hydrogens (tertiary/aromatic N) is 1. The lowest BCUT2D eigenvalue weighted by Gasteiger charge is -2.29. The second-order valence-electron chi connectivity index (χ2n) is 5.17. The van der Waals surface area contributed by atoms with Crippen LogP contribution in [0, 0.1) is 0 Å². The maximum Gasteiger partial charge on any atom is 0.265 e. The molecule has 0 fully saturated rings. The molecule has 1 aliphatic rings. The molecule has 114 valence electrons. The molecule has 21 heavy (non-hydrogen) atoms. The fourth-order valence-corrected chi connectivity index (χ4v) is 2.29. The highest BCUT2D eigenvalue weighted by Gasteiger charge is 2.25. The lowest BCUT2D eigenvalue weighted by Crippen LogP contribution is -2.39. The number of hydrogen-bond donors (Lipinski definition) is 1. The number of fused-ring (bicyclic) bond motifs is 1. The summed E-state index contributed by atoms with van der Waals surface area (Å²) in [6.07, 6.45) is 3.26. The molecular formula is C16H22N2O3. The van der Waals surface area contributed by atoms with Crippen molar-refractivity contribution < 1.29 is 14.3 Å². The van der Waals surface area contributed by atoms with Crippen molar-refractivity contribution >= 4 is 23.2 Å². The van der Waals surface area contributed by atoms with Crippen molar-refractivity contribution in [3.05, 3.63) is 18.2 Å². The first-order valence-corrected chi connectivity index (χ1v) is 7.52. The van der Waals surface area contributed by atoms with Gasteiger partial charge in [0.15, 0.2) is 6.61 Å². The van der Waals surface area contributed by atoms with E-state index in [0.29, 0.717) is 24.4 Å². The topological polar surface area (TPSA) is 58.6 Å². The molecule has 0 atom stereocenters. The average Bonchev–Trinajstić information content (AvgIpc) is 2.46. The van der Waals surface area contributed by atoms with Crippen molar-refractivity contribution in [1.29, 1.82) is 0 Å². The fraction of sp³-hybridized carbons (Fsp3) is 0.500. The standard InChI is InChI=1S/C16H22N2O3/c1-3-5-9-18-13-10-12(17-15(19)6-4-2)7-8-14(13)21-11-16(18)20/h7-8,10H,3-6,9,11H2,1-2H3,(H,17,19). The van der Waals surface area contributed by atoms with Crippen LogP contribution in [0.2, 0.25) is 0 Å². The predicted octanol–water partition coefficient (Wildman–Crippen LogP) is 2.95. The summed E-state index contributed by atoms with van der Waals surface area (Å²) in [7, 11) is 0. The Morgan fingerprint density at radius 2 is 2.14 bits per heavy atom. The number of carbonyl (C=O) groups is 2. The van der Waals surface area contributed by atoms with E-state index >= 15 is 0 Å². The van der Waals surface area contributed by atoms with Crippen molar-refractivity contribution in [2.24, 2.45) is 0 Å². The number of nitrogens with one attached hydrogen (secondary N) is 1. The van der Waals surface area contributed by atoms with Crippen LogP contribution < -0.4 is 15.0 Å². The Kier molecular flexibility index (Phi) is 5.20. The number of benzene rings is 1. The zero-order chi connectivity index (χ0) is 15.2. The van der Waals surface area contributed by atoms with Gasteiger partial charge in [-0.15, -0.1) is 0 Å². The molecule has 0 aliphatic carbocycles. The third-order valence-electron chi connectivity index (χ3n) is 3.40. The van der Waals surface area contributed by atoms with Crippen LogP contribution in [0.1, 0.15) is 39.5 Å². The Hall–Kier alpha value is -2.04. The van der Waals surface area contributed by atoms with Crippen LogP contribution in [0.25, 0.3) is 0 Å². The van der Waals surface area contributed by atoms with Crippen molar-refractivity contribution in [3.8, 4) is 5.75 Å². The predicted molar refractivity (Wildman–Crippen MR) is 82.7 cm³/mol. The molecule has 5 nitrogen and oxygen atoms in total. The summed E-state index contributed by atoms with van der Waals surface area (Å²) in [5, 5.41) is 2.85. The van der Waals surface area contributed by atoms with Crippen LogP contribution in [0.5, 0.6) is 5.75 Å². The van der Waals surface area contributed by atoms with E-state index in [1.54, 1.807) is 11.0 Å². The van der Waals surface area contributed by atoms with E-state index in [1.165, 1.54) is 0 Å². The Morgan fingerprint density at radius 1 is 1.33 bits per heavy atom. The van der Waals surface area contributed by atoms with Gasteiger partial charge in [0.1, 0.15) is 5.75 Å². The van der Waals surface area contributed by atoms with Crippen LogP contribution in [0.4, 0.5) is 11.4 Å². The van der Waals surface area contributed by atoms with E-state index in [9.17, 15) is 9.59 Å². The molecule has 1 aromatic carbocycles. The number of unbranched alkanes of at least 4 members (excludes halogenated alkanes) is 1. The molecule has 2 rings (SSSR count). The molecule has 0 radical (unpaired) electrons. The lowest BCUT2D eigenvalue weighted by molar-refractivity contribution is -0.121. The van der Waals surface area contributed by atoms with Gasteiger partial charge in [-0.2, -0.15) is 0 Å². The van der Waals surface area contributed by atoms with E-state index in [1.807, 2.05) is 19.1 Å². The van der Waals surface area contributed by atoms with Crippen LogP contribution in [-0.2, 0) is 9.59 Å². The number of ether oxygens (including phenoxy) is 1. The largest absolute Gasteiger partial charge is 0.482 e. The van der Waals surface area contributed by atoms with Gasteiger partial charge in [-0.3, -0.25) is 9.59 Å². The van der Waals surface area contributed by atoms with Crippen LogP contribution in [-0.4, -0.2) is 25.0 Å². The fourth-order valence-electron chi connectivity index (χ4n) is 2.29. The molecule has 0 saturated carbocycles. The van der Waals surface area contributed by atoms with Crippen LogP contribution in [0.15, 0.2) is 18.2 Å². The van der Waals surface area contributed by atoms with Crippen molar-refractivity contribution in [1.82, 2.24) is 0 Å². The molecule has 0 unspecified atom stereocenters. The van der Waals surface area contributed by atoms with Gasteiger partial charge < -0.3 is 15.0 Å². The molecule has 1 heterocycles. The van der Waals surface area contributed by atoms with Gasteiger partial charge in [0.2, 0.25) is 5.91 Å². The molecule has 0 saturated heterocycles. The van der Waals surface area contributed by atoms with Crippen LogP contribution >= 0.6 is 0 Å². The van der Waals surface area contributed by atoms with E-state index < -0.39 is 0 Å². The first-order chi connectivity index (χ1) is 10.2. The zero-order valence-corrected chi connectivity index (χ0v) is 12.6. The zero-order valence-electron chi connectivity index (χ0n) is 12.6. The third kappa shape index (κ3) is 3.74. The number of carbonyl (C=O) groups excluding carboxylic acids is 2. The number of rotatable bonds is 6. The average molecular weight is 290 g/mol. The van der Waals surface area contributed by atoms with Gasteiger partial charge in [-0.25, -0.2) is 0 Å². The van der Waals surface area contributed by atoms with Gasteiger partial charge in [-0.05, 0) is 31.0 Å². The van der Waals surface area contributed by atoms with Gasteiger partial charge in [0.05, 0.1) is 5.69 Å². The summed E-state index contributed by atoms with van der Waals surface area (Å²) in [6.45, 7) is 4.81. The maximum absolute atomic E-state index is 12.0. The van der Waals surface area contributed by atoms with Gasteiger partial charge >= 0.3 is 0 Å². The molecular weight excluding hydrogens is 268 g/mol. The summed E-state index contributed by atoms with van der Waals surface area (Å²) >= 11 is 0. The van der Waals surface area contributed by atoms with E-state index in [-0.39, 0.29) is 18.4 Å². The molecule has 5 heteroatoms. The normalized spacial score (nSPS) is 13.6. The second kappa shape index (κ2) is 7.11. The molecule has 0 bridgehead atoms. The van der Waals surface area contributed by atoms with Gasteiger partial charge in [-0.1, -0.05) is 20.3 Å². The summed E-state index contributed by atoms with van der Waals surface area (Å²) in [6, 6.07) is 5.43. The van der Waals surface area contributed by atoms with Gasteiger partial charge in [0, 0.05) is 18.7 Å². The number of hydrogen-bond acceptors (Lipinski definition) is 3. The smallest absolute Gasteiger partial charge is 0.265 e. The van der Waals surface area contributed by atoms with E-state index in [0.717, 1.165) is 24.9 Å². The highest BCUT2D eigenvalue weighted by Crippen LogP contribution is 2.34. The summed E-state index contributed by atoms with van der Waals surface area (Å²) in [5.74, 6) is 0.646. The van der Waals surface area contributed by atoms with Crippen LogP contribution in [0.3, 0.4) is 0 Å². The molecule has 0 aromatic heterocycles. The minimum atomic E-state index is -0.0343. The Balaban J connectivity index is 2.20. The monoisotopic (exact) mass is 290 g/mol. The molecule has 0 spiro atoms. The summed E-state index contributed by atoms with van der Waals surface area (Å²) < 4.78 is 5.45. The Labute approximate surface area is 125 Å². The number of amides is 2. The third-order valence-corrected chi connectivity index (χ3v) is 3.40. The minimum absolute atomic E-state index is 0.0133. The summed E-state index contributed by atoms with van der Waals surface area (Å²) in [5.41, 5.74) is 1.45. The first kappa shape index (κ1) is 15.4. The second-order valence-corrected chi connectivity index (χ2v) is 5.17. The first-order valence-electron chi connectivity index (χ1n) is 7.52. The Bertz CT molecular complexity index is 528. The van der Waals surface area contributed by atoms with Crippen molar-refractivity contribution in [3.63, 3.8) is 0 Å². The minimum Gasteiger partial charge on any atom is -0.482 e. The van der Waals surface area contributed by atoms with Crippen molar-refractivity contribution in [2.75, 3.05) is 23.4 Å². The maximum atomic E-state index is 12.0. The molecule has 1 aliphatic heterocycles. The molecule has 1 aromatic rings. The highest BCUT2D eigenvalue weighted by atomic mass is 16.5. The summed E-state index contributed by atoms with van der Waals surface area (Å²) in [4.78, 5) is 25.4. The van der Waals surface area contributed by atoms with E-state index in [4.69, 9.17) is 4.74 Å². The lowest BCUT2D eigenvalue weighted by atomic mass is 10.2. The highest BCUT2D eigenvalue weighted by molar-refractivity contribution is 5.99. The quantitative estimate of drug-likeness (QED) is 0.876. The van der Waals surface area contributed by atoms with E-state index in [2.05, 4.69) is 12.2 Å². The van der Waals surface area contributed by atoms with Crippen molar-refractivity contribution in [2.45, 2.75) is 39.5 Å². The SMILES string of the molecule is CCCCN1C(=O)COc2ccc(NC(=O)CCC)cc21. The molecule has 1 N–H and O–H groups in total.